The molecule has 96 valence electrons. The van der Waals surface area contributed by atoms with Crippen LogP contribution in [0.2, 0.25) is 0 Å². The highest BCUT2D eigenvalue weighted by molar-refractivity contribution is 5.94. The average molecular weight is 240 g/mol. The third kappa shape index (κ3) is 6.59. The lowest BCUT2D eigenvalue weighted by atomic mass is 10.1. The van der Waals surface area contributed by atoms with Gasteiger partial charge in [0, 0.05) is 0 Å². The number of ether oxygens (including phenoxy) is 2. The van der Waals surface area contributed by atoms with E-state index in [1.54, 1.807) is 6.08 Å². The number of hydrogen-bond donors (Lipinski definition) is 0. The molecule has 4 nitrogen and oxygen atoms in total. The lowest BCUT2D eigenvalue weighted by Crippen LogP contribution is -2.25. The summed E-state index contributed by atoms with van der Waals surface area (Å²) in [6.07, 6.45) is 7.00. The fourth-order valence-corrected chi connectivity index (χ4v) is 1.23. The predicted molar refractivity (Wildman–Crippen MR) is 64.3 cm³/mol. The Kier molecular flexibility index (Phi) is 8.79. The molecule has 0 saturated carbocycles. The van der Waals surface area contributed by atoms with Crippen LogP contribution in [0.4, 0.5) is 0 Å². The van der Waals surface area contributed by atoms with E-state index in [1.165, 1.54) is 14.2 Å². The number of hydrogen-bond acceptors (Lipinski definition) is 4. The highest BCUT2D eigenvalue weighted by Crippen LogP contribution is 2.08. The Morgan fingerprint density at radius 2 is 1.76 bits per heavy atom. The summed E-state index contributed by atoms with van der Waals surface area (Å²) in [4.78, 5) is 22.6. The lowest BCUT2D eigenvalue weighted by Gasteiger charge is -2.08. The van der Waals surface area contributed by atoms with Crippen LogP contribution in [-0.4, -0.2) is 26.2 Å². The molecule has 4 heteroatoms. The molecule has 0 amide bonds. The number of rotatable bonds is 7. The summed E-state index contributed by atoms with van der Waals surface area (Å²) in [5, 5.41) is 0. The van der Waals surface area contributed by atoms with Crippen molar-refractivity contribution in [1.29, 1.82) is 0 Å². The minimum Gasteiger partial charge on any atom is -0.468 e. The maximum absolute atomic E-state index is 11.3. The standard InChI is InChI=1S/C13H20O4/c1-4-5-6-7-8-9-10-11(12(14)16-2)13(15)17-3/h7,9,11H,4-6,10H2,1-3H3. The average Bonchev–Trinajstić information content (AvgIpc) is 2.36. The van der Waals surface area contributed by atoms with Gasteiger partial charge in [0.2, 0.25) is 0 Å². The van der Waals surface area contributed by atoms with Crippen molar-refractivity contribution in [3.8, 4) is 0 Å². The molecule has 0 aromatic rings. The Morgan fingerprint density at radius 3 is 2.24 bits per heavy atom. The summed E-state index contributed by atoms with van der Waals surface area (Å²) in [6, 6.07) is 0. The zero-order chi connectivity index (χ0) is 13.1. The monoisotopic (exact) mass is 240 g/mol. The first-order valence-corrected chi connectivity index (χ1v) is 5.72. The zero-order valence-corrected chi connectivity index (χ0v) is 10.7. The highest BCUT2D eigenvalue weighted by Gasteiger charge is 2.26. The van der Waals surface area contributed by atoms with Crippen molar-refractivity contribution < 1.29 is 19.1 Å². The Balaban J connectivity index is 4.30. The second kappa shape index (κ2) is 9.67. The number of carbonyl (C=O) groups is 2. The van der Waals surface area contributed by atoms with E-state index in [4.69, 9.17) is 0 Å². The molecule has 0 bridgehead atoms. The summed E-state index contributed by atoms with van der Waals surface area (Å²) in [7, 11) is 2.50. The third-order valence-electron chi connectivity index (χ3n) is 2.26. The van der Waals surface area contributed by atoms with E-state index in [1.807, 2.05) is 6.08 Å². The van der Waals surface area contributed by atoms with Crippen molar-refractivity contribution in [2.45, 2.75) is 32.6 Å². The molecule has 0 N–H and O–H groups in total. The Labute approximate surface area is 102 Å². The smallest absolute Gasteiger partial charge is 0.320 e. The molecule has 0 aliphatic carbocycles. The van der Waals surface area contributed by atoms with Gasteiger partial charge in [0.1, 0.15) is 0 Å². The maximum Gasteiger partial charge on any atom is 0.320 e. The maximum atomic E-state index is 11.3. The van der Waals surface area contributed by atoms with Crippen LogP contribution in [0.15, 0.2) is 17.9 Å². The van der Waals surface area contributed by atoms with Gasteiger partial charge in [0.25, 0.3) is 0 Å². The van der Waals surface area contributed by atoms with Crippen LogP contribution in [0.3, 0.4) is 0 Å². The number of esters is 2. The van der Waals surface area contributed by atoms with Crippen molar-refractivity contribution in [3.63, 3.8) is 0 Å². The van der Waals surface area contributed by atoms with Crippen LogP contribution >= 0.6 is 0 Å². The third-order valence-corrected chi connectivity index (χ3v) is 2.26. The van der Waals surface area contributed by atoms with Gasteiger partial charge >= 0.3 is 11.9 Å². The van der Waals surface area contributed by atoms with E-state index in [2.05, 4.69) is 22.1 Å². The van der Waals surface area contributed by atoms with Gasteiger partial charge in [-0.1, -0.05) is 13.3 Å². The summed E-state index contributed by atoms with van der Waals surface area (Å²) in [5.41, 5.74) is 2.94. The molecule has 0 atom stereocenters. The van der Waals surface area contributed by atoms with Crippen molar-refractivity contribution in [2.24, 2.45) is 5.92 Å². The summed E-state index contributed by atoms with van der Waals surface area (Å²) < 4.78 is 9.07. The Hall–Kier alpha value is -1.54. The van der Waals surface area contributed by atoms with Crippen molar-refractivity contribution in [3.05, 3.63) is 17.9 Å². The Bertz CT molecular complexity index is 285. The van der Waals surface area contributed by atoms with Gasteiger partial charge < -0.3 is 9.47 Å². The minimum atomic E-state index is -0.892. The first-order valence-electron chi connectivity index (χ1n) is 5.72. The number of methoxy groups -OCH3 is 2. The summed E-state index contributed by atoms with van der Waals surface area (Å²) in [5.74, 6) is -2.05. The second-order valence-electron chi connectivity index (χ2n) is 3.55. The minimum absolute atomic E-state index is 0.252. The molecule has 0 aliphatic rings. The predicted octanol–water partition coefficient (Wildman–Crippen LogP) is 2.24. The van der Waals surface area contributed by atoms with Crippen LogP contribution in [0, 0.1) is 5.92 Å². The van der Waals surface area contributed by atoms with Crippen LogP contribution < -0.4 is 0 Å². The van der Waals surface area contributed by atoms with E-state index in [-0.39, 0.29) is 6.42 Å². The molecular weight excluding hydrogens is 220 g/mol. The lowest BCUT2D eigenvalue weighted by molar-refractivity contribution is -0.158. The van der Waals surface area contributed by atoms with Crippen molar-refractivity contribution >= 4 is 11.9 Å². The van der Waals surface area contributed by atoms with Gasteiger partial charge in [-0.25, -0.2) is 0 Å². The fourth-order valence-electron chi connectivity index (χ4n) is 1.23. The molecule has 0 radical (unpaired) electrons. The quantitative estimate of drug-likeness (QED) is 0.296. The molecule has 0 aromatic carbocycles. The molecular formula is C13H20O4. The molecule has 0 rings (SSSR count). The van der Waals surface area contributed by atoms with E-state index in [0.717, 1.165) is 19.3 Å². The molecule has 0 unspecified atom stereocenters. The number of unbranched alkanes of at least 4 members (excludes halogenated alkanes) is 2. The first kappa shape index (κ1) is 15.5. The van der Waals surface area contributed by atoms with Crippen LogP contribution in [-0.2, 0) is 19.1 Å². The molecule has 0 fully saturated rings. The van der Waals surface area contributed by atoms with Crippen molar-refractivity contribution in [1.82, 2.24) is 0 Å². The summed E-state index contributed by atoms with van der Waals surface area (Å²) >= 11 is 0. The van der Waals surface area contributed by atoms with Gasteiger partial charge in [-0.2, -0.15) is 0 Å². The van der Waals surface area contributed by atoms with Gasteiger partial charge in [0.05, 0.1) is 14.2 Å². The normalized spacial score (nSPS) is 9.41. The largest absolute Gasteiger partial charge is 0.468 e. The summed E-state index contributed by atoms with van der Waals surface area (Å²) in [6.45, 7) is 2.11. The van der Waals surface area contributed by atoms with E-state index >= 15 is 0 Å². The van der Waals surface area contributed by atoms with Gasteiger partial charge in [-0.3, -0.25) is 9.59 Å². The van der Waals surface area contributed by atoms with Gasteiger partial charge in [-0.05, 0) is 31.4 Å². The van der Waals surface area contributed by atoms with E-state index in [9.17, 15) is 9.59 Å². The number of allylic oxidation sites excluding steroid dienone is 1. The zero-order valence-electron chi connectivity index (χ0n) is 10.7. The first-order chi connectivity index (χ1) is 8.17. The van der Waals surface area contributed by atoms with Gasteiger partial charge in [-0.15, -0.1) is 5.73 Å². The molecule has 0 spiro atoms. The Morgan fingerprint density at radius 1 is 1.18 bits per heavy atom. The van der Waals surface area contributed by atoms with E-state index < -0.39 is 17.9 Å². The fraction of sp³-hybridized carbons (Fsp3) is 0.615. The van der Waals surface area contributed by atoms with Crippen molar-refractivity contribution in [2.75, 3.05) is 14.2 Å². The second-order valence-corrected chi connectivity index (χ2v) is 3.55. The molecule has 0 saturated heterocycles. The highest BCUT2D eigenvalue weighted by atomic mass is 16.5. The van der Waals surface area contributed by atoms with Crippen LogP contribution in [0.25, 0.3) is 0 Å². The SMILES string of the molecule is CCCCC=C=CCC(C(=O)OC)C(=O)OC. The van der Waals surface area contributed by atoms with Gasteiger partial charge in [0.15, 0.2) is 5.92 Å². The molecule has 17 heavy (non-hydrogen) atoms. The molecule has 0 aromatic heterocycles. The van der Waals surface area contributed by atoms with Crippen LogP contribution in [0.1, 0.15) is 32.6 Å². The topological polar surface area (TPSA) is 52.6 Å². The van der Waals surface area contributed by atoms with Crippen LogP contribution in [0.5, 0.6) is 0 Å². The van der Waals surface area contributed by atoms with E-state index in [0.29, 0.717) is 0 Å². The molecule has 0 aliphatic heterocycles. The number of carbonyl (C=O) groups excluding carboxylic acids is 2. The molecule has 0 heterocycles.